The number of hydrogen-bond acceptors (Lipinski definition) is 3. The molecule has 7 heteroatoms. The second-order valence-electron chi connectivity index (χ2n) is 3.28. The van der Waals surface area contributed by atoms with Crippen molar-refractivity contribution in [3.63, 3.8) is 0 Å². The Morgan fingerprint density at radius 1 is 1.50 bits per heavy atom. The molecule has 4 nitrogen and oxygen atoms in total. The highest BCUT2D eigenvalue weighted by Gasteiger charge is 2.11. The number of anilines is 1. The molecule has 0 aromatic heterocycles. The third kappa shape index (κ3) is 4.04. The molecular weight excluding hydrogens is 362 g/mol. The Kier molecular flexibility index (Phi) is 4.78. The van der Waals surface area contributed by atoms with Crippen LogP contribution >= 0.6 is 31.9 Å². The molecular formula is C9H11Br2NO3S. The first-order valence-electron chi connectivity index (χ1n) is 4.35. The first-order chi connectivity index (χ1) is 7.33. The number of rotatable bonds is 4. The second kappa shape index (κ2) is 5.48. The van der Waals surface area contributed by atoms with Crippen molar-refractivity contribution in [1.82, 2.24) is 0 Å². The van der Waals surface area contributed by atoms with Crippen molar-refractivity contribution in [3.05, 3.63) is 28.2 Å². The maximum absolute atomic E-state index is 11.1. The zero-order chi connectivity index (χ0) is 12.3. The monoisotopic (exact) mass is 371 g/mol. The zero-order valence-corrected chi connectivity index (χ0v) is 12.4. The molecule has 0 radical (unpaired) electrons. The lowest BCUT2D eigenvalue weighted by Gasteiger charge is -2.11. The van der Waals surface area contributed by atoms with Crippen molar-refractivity contribution in [3.8, 4) is 0 Å². The van der Waals surface area contributed by atoms with E-state index in [0.717, 1.165) is 6.26 Å². The first-order valence-corrected chi connectivity index (χ1v) is 8.15. The van der Waals surface area contributed by atoms with Crippen LogP contribution in [0.5, 0.6) is 0 Å². The molecule has 1 rings (SSSR count). The van der Waals surface area contributed by atoms with Crippen LogP contribution in [0.3, 0.4) is 0 Å². The average Bonchev–Trinajstić information content (AvgIpc) is 2.18. The van der Waals surface area contributed by atoms with Gasteiger partial charge in [-0.2, -0.15) is 0 Å². The van der Waals surface area contributed by atoms with Gasteiger partial charge in [-0.05, 0) is 33.6 Å². The number of halogens is 2. The highest BCUT2D eigenvalue weighted by Crippen LogP contribution is 2.27. The fourth-order valence-electron chi connectivity index (χ4n) is 1.12. The van der Waals surface area contributed by atoms with Crippen LogP contribution in [0.1, 0.15) is 11.7 Å². The van der Waals surface area contributed by atoms with Crippen LogP contribution in [-0.2, 0) is 10.0 Å². The van der Waals surface area contributed by atoms with Gasteiger partial charge in [0.2, 0.25) is 10.0 Å². The van der Waals surface area contributed by atoms with Crippen molar-refractivity contribution in [2.45, 2.75) is 6.10 Å². The Morgan fingerprint density at radius 2 is 2.12 bits per heavy atom. The van der Waals surface area contributed by atoms with Crippen molar-refractivity contribution in [2.24, 2.45) is 0 Å². The predicted molar refractivity (Wildman–Crippen MR) is 71.4 cm³/mol. The molecule has 1 aromatic rings. The van der Waals surface area contributed by atoms with E-state index in [-0.39, 0.29) is 0 Å². The van der Waals surface area contributed by atoms with Gasteiger partial charge in [0.15, 0.2) is 0 Å². The summed E-state index contributed by atoms with van der Waals surface area (Å²) in [6, 6.07) is 5.01. The van der Waals surface area contributed by atoms with Gasteiger partial charge >= 0.3 is 0 Å². The van der Waals surface area contributed by atoms with Gasteiger partial charge in [0.05, 0.1) is 18.0 Å². The second-order valence-corrected chi connectivity index (χ2v) is 6.53. The van der Waals surface area contributed by atoms with Crippen LogP contribution in [0, 0.1) is 0 Å². The van der Waals surface area contributed by atoms with E-state index in [0.29, 0.717) is 21.1 Å². The van der Waals surface area contributed by atoms with Gasteiger partial charge in [0.1, 0.15) is 0 Å². The summed E-state index contributed by atoms with van der Waals surface area (Å²) in [6.45, 7) is 0. The van der Waals surface area contributed by atoms with Crippen molar-refractivity contribution >= 4 is 47.6 Å². The maximum atomic E-state index is 11.1. The standard InChI is InChI=1S/C9H11Br2NO3S/c1-16(14,15)12-8-4-6(9(13)5-10)2-3-7(8)11/h2-4,9,12-13H,5H2,1H3/t9-/m0/s1. The molecule has 0 heterocycles. The molecule has 1 aromatic carbocycles. The fraction of sp³-hybridized carbons (Fsp3) is 0.333. The molecule has 0 saturated heterocycles. The summed E-state index contributed by atoms with van der Waals surface area (Å²) in [6.07, 6.45) is 0.417. The van der Waals surface area contributed by atoms with Crippen LogP contribution in [-0.4, -0.2) is 25.1 Å². The van der Waals surface area contributed by atoms with E-state index in [4.69, 9.17) is 0 Å². The van der Waals surface area contributed by atoms with Crippen molar-refractivity contribution in [2.75, 3.05) is 16.3 Å². The number of aliphatic hydroxyl groups is 1. The fourth-order valence-corrected chi connectivity index (χ4v) is 2.54. The average molecular weight is 373 g/mol. The Balaban J connectivity index is 3.09. The zero-order valence-electron chi connectivity index (χ0n) is 8.44. The summed E-state index contributed by atoms with van der Waals surface area (Å²) in [5, 5.41) is 10.00. The molecule has 0 aliphatic heterocycles. The molecule has 0 unspecified atom stereocenters. The Hall–Kier alpha value is -0.110. The van der Waals surface area contributed by atoms with E-state index >= 15 is 0 Å². The number of nitrogens with one attached hydrogen (secondary N) is 1. The van der Waals surface area contributed by atoms with Gasteiger partial charge in [-0.1, -0.05) is 22.0 Å². The van der Waals surface area contributed by atoms with E-state index in [1.165, 1.54) is 0 Å². The quantitative estimate of drug-likeness (QED) is 0.796. The Labute approximate surface area is 111 Å². The molecule has 0 aliphatic rings. The van der Waals surface area contributed by atoms with Crippen molar-refractivity contribution < 1.29 is 13.5 Å². The smallest absolute Gasteiger partial charge is 0.229 e. The van der Waals surface area contributed by atoms with Gasteiger partial charge < -0.3 is 5.11 Å². The minimum Gasteiger partial charge on any atom is -0.388 e. The topological polar surface area (TPSA) is 66.4 Å². The summed E-state index contributed by atoms with van der Waals surface area (Å²) in [4.78, 5) is 0. The van der Waals surface area contributed by atoms with E-state index in [2.05, 4.69) is 36.6 Å². The summed E-state index contributed by atoms with van der Waals surface area (Å²) in [7, 11) is -3.32. The number of benzene rings is 1. The van der Waals surface area contributed by atoms with E-state index in [1.807, 2.05) is 0 Å². The third-order valence-corrected chi connectivity index (χ3v) is 3.71. The van der Waals surface area contributed by atoms with Gasteiger partial charge in [-0.3, -0.25) is 4.72 Å². The highest BCUT2D eigenvalue weighted by atomic mass is 79.9. The van der Waals surface area contributed by atoms with Crippen LogP contribution < -0.4 is 4.72 Å². The lowest BCUT2D eigenvalue weighted by Crippen LogP contribution is -2.10. The predicted octanol–water partition coefficient (Wildman–Crippen LogP) is 2.25. The summed E-state index contributed by atoms with van der Waals surface area (Å²) in [5.41, 5.74) is 1.06. The molecule has 1 atom stereocenters. The number of aliphatic hydroxyl groups excluding tert-OH is 1. The van der Waals surface area contributed by atoms with E-state index in [9.17, 15) is 13.5 Å². The lowest BCUT2D eigenvalue weighted by atomic mass is 10.1. The summed E-state index contributed by atoms with van der Waals surface area (Å²) >= 11 is 6.39. The van der Waals surface area contributed by atoms with Crippen LogP contribution in [0.2, 0.25) is 0 Å². The van der Waals surface area contributed by atoms with Crippen molar-refractivity contribution in [1.29, 1.82) is 0 Å². The van der Waals surface area contributed by atoms with Crippen LogP contribution in [0.4, 0.5) is 5.69 Å². The minimum absolute atomic E-state index is 0.396. The van der Waals surface area contributed by atoms with Gasteiger partial charge in [0.25, 0.3) is 0 Å². The van der Waals surface area contributed by atoms with E-state index < -0.39 is 16.1 Å². The molecule has 16 heavy (non-hydrogen) atoms. The highest BCUT2D eigenvalue weighted by molar-refractivity contribution is 9.10. The molecule has 0 spiro atoms. The van der Waals surface area contributed by atoms with Gasteiger partial charge in [-0.25, -0.2) is 8.42 Å². The largest absolute Gasteiger partial charge is 0.388 e. The molecule has 90 valence electrons. The molecule has 0 amide bonds. The summed E-state index contributed by atoms with van der Waals surface area (Å²) < 4.78 is 25.2. The molecule has 0 aliphatic carbocycles. The summed E-state index contributed by atoms with van der Waals surface area (Å²) in [5.74, 6) is 0. The molecule has 0 saturated carbocycles. The number of hydrogen-bond donors (Lipinski definition) is 2. The van der Waals surface area contributed by atoms with Crippen LogP contribution in [0.15, 0.2) is 22.7 Å². The lowest BCUT2D eigenvalue weighted by molar-refractivity contribution is 0.205. The Morgan fingerprint density at radius 3 is 2.62 bits per heavy atom. The minimum atomic E-state index is -3.32. The molecule has 0 fully saturated rings. The molecule has 2 N–H and O–H groups in total. The number of sulfonamides is 1. The SMILES string of the molecule is CS(=O)(=O)Nc1cc([C@@H](O)CBr)ccc1Br. The number of alkyl halides is 1. The normalized spacial score (nSPS) is 13.5. The van der Waals surface area contributed by atoms with Gasteiger partial charge in [0, 0.05) is 9.80 Å². The van der Waals surface area contributed by atoms with Crippen LogP contribution in [0.25, 0.3) is 0 Å². The van der Waals surface area contributed by atoms with Gasteiger partial charge in [-0.15, -0.1) is 0 Å². The van der Waals surface area contributed by atoms with E-state index in [1.54, 1.807) is 18.2 Å². The first kappa shape index (κ1) is 14.0. The maximum Gasteiger partial charge on any atom is 0.229 e. The third-order valence-electron chi connectivity index (χ3n) is 1.82. The Bertz CT molecular complexity index is 476. The molecule has 0 bridgehead atoms.